The van der Waals surface area contributed by atoms with Gasteiger partial charge in [0.25, 0.3) is 0 Å². The molecular weight excluding hydrogens is 402 g/mol. The van der Waals surface area contributed by atoms with Crippen LogP contribution >= 0.6 is 0 Å². The fraction of sp³-hybridized carbons (Fsp3) is 0.154. The summed E-state index contributed by atoms with van der Waals surface area (Å²) in [6.07, 6.45) is -0.741. The Bertz CT molecular complexity index is 1220. The number of nitrogens with zero attached hydrogens (tertiary/aromatic N) is 3. The van der Waals surface area contributed by atoms with Crippen molar-refractivity contribution in [2.75, 3.05) is 7.11 Å². The van der Waals surface area contributed by atoms with Crippen molar-refractivity contribution in [2.24, 2.45) is 0 Å². The predicted molar refractivity (Wildman–Crippen MR) is 122 cm³/mol. The summed E-state index contributed by atoms with van der Waals surface area (Å²) in [6, 6.07) is 23.8. The molecule has 4 rings (SSSR count). The van der Waals surface area contributed by atoms with Gasteiger partial charge in [-0.3, -0.25) is 4.79 Å². The van der Waals surface area contributed by atoms with Crippen LogP contribution in [0, 0.1) is 6.92 Å². The maximum atomic E-state index is 12.8. The third-order valence-electron chi connectivity index (χ3n) is 5.10. The van der Waals surface area contributed by atoms with Gasteiger partial charge in [-0.05, 0) is 30.2 Å². The van der Waals surface area contributed by atoms with Gasteiger partial charge in [0.1, 0.15) is 23.5 Å². The fourth-order valence-electron chi connectivity index (χ4n) is 3.43. The SMILES string of the molecule is COc1cccc(C(O)c2ccc(C(=O)Cc3nc(C)nc(-c4ccccc4)n3)cc2)c1. The molecule has 1 aromatic heterocycles. The van der Waals surface area contributed by atoms with Crippen molar-refractivity contribution in [3.63, 3.8) is 0 Å². The van der Waals surface area contributed by atoms with Crippen molar-refractivity contribution in [3.05, 3.63) is 107 Å². The van der Waals surface area contributed by atoms with Crippen LogP contribution in [0.3, 0.4) is 0 Å². The second kappa shape index (κ2) is 9.49. The number of aliphatic hydroxyl groups excluding tert-OH is 1. The lowest BCUT2D eigenvalue weighted by Gasteiger charge is -2.13. The van der Waals surface area contributed by atoms with Crippen molar-refractivity contribution in [2.45, 2.75) is 19.4 Å². The van der Waals surface area contributed by atoms with Gasteiger partial charge in [-0.2, -0.15) is 0 Å². The number of Topliss-reactive ketones (excluding diaryl/α,β-unsaturated/α-hetero) is 1. The number of methoxy groups -OCH3 is 1. The molecule has 0 fully saturated rings. The van der Waals surface area contributed by atoms with E-state index in [1.165, 1.54) is 0 Å². The smallest absolute Gasteiger partial charge is 0.170 e. The van der Waals surface area contributed by atoms with Crippen LogP contribution in [-0.2, 0) is 6.42 Å². The minimum Gasteiger partial charge on any atom is -0.497 e. The zero-order valence-electron chi connectivity index (χ0n) is 17.9. The van der Waals surface area contributed by atoms with E-state index < -0.39 is 6.10 Å². The number of hydrogen-bond donors (Lipinski definition) is 1. The number of aliphatic hydroxyl groups is 1. The van der Waals surface area contributed by atoms with E-state index in [1.54, 1.807) is 44.4 Å². The maximum Gasteiger partial charge on any atom is 0.170 e. The van der Waals surface area contributed by atoms with Gasteiger partial charge in [0.15, 0.2) is 11.6 Å². The lowest BCUT2D eigenvalue weighted by atomic mass is 9.98. The van der Waals surface area contributed by atoms with E-state index in [2.05, 4.69) is 15.0 Å². The Morgan fingerprint density at radius 1 is 0.906 bits per heavy atom. The molecule has 6 heteroatoms. The molecular formula is C26H23N3O3. The Labute approximate surface area is 186 Å². The predicted octanol–water partition coefficient (Wildman–Crippen LogP) is 4.36. The molecule has 6 nitrogen and oxygen atoms in total. The number of ketones is 1. The van der Waals surface area contributed by atoms with Gasteiger partial charge in [-0.15, -0.1) is 0 Å². The number of aromatic nitrogens is 3. The lowest BCUT2D eigenvalue weighted by Crippen LogP contribution is -2.10. The number of benzene rings is 3. The molecule has 160 valence electrons. The normalized spacial score (nSPS) is 11.7. The minimum absolute atomic E-state index is 0.0704. The summed E-state index contributed by atoms with van der Waals surface area (Å²) in [6.45, 7) is 1.79. The molecule has 1 atom stereocenters. The van der Waals surface area contributed by atoms with E-state index in [0.29, 0.717) is 34.3 Å². The number of aryl methyl sites for hydroxylation is 1. The largest absolute Gasteiger partial charge is 0.497 e. The molecule has 4 aromatic rings. The van der Waals surface area contributed by atoms with Crippen molar-refractivity contribution in [3.8, 4) is 17.1 Å². The molecule has 0 radical (unpaired) electrons. The molecule has 1 unspecified atom stereocenters. The van der Waals surface area contributed by atoms with E-state index in [9.17, 15) is 9.90 Å². The molecule has 3 aromatic carbocycles. The maximum absolute atomic E-state index is 12.8. The average molecular weight is 425 g/mol. The van der Waals surface area contributed by atoms with Crippen LogP contribution in [0.25, 0.3) is 11.4 Å². The first-order valence-corrected chi connectivity index (χ1v) is 10.3. The molecule has 0 aliphatic heterocycles. The molecule has 0 saturated carbocycles. The van der Waals surface area contributed by atoms with Crippen LogP contribution in [0.1, 0.15) is 39.2 Å². The molecule has 1 N–H and O–H groups in total. The number of rotatable bonds is 7. The van der Waals surface area contributed by atoms with Crippen LogP contribution in [0.2, 0.25) is 0 Å². The van der Waals surface area contributed by atoms with Crippen LogP contribution in [0.4, 0.5) is 0 Å². The van der Waals surface area contributed by atoms with Gasteiger partial charge in [-0.1, -0.05) is 66.7 Å². The van der Waals surface area contributed by atoms with Gasteiger partial charge < -0.3 is 9.84 Å². The minimum atomic E-state index is -0.811. The van der Waals surface area contributed by atoms with Gasteiger partial charge >= 0.3 is 0 Å². The monoisotopic (exact) mass is 425 g/mol. The van der Waals surface area contributed by atoms with E-state index in [4.69, 9.17) is 4.74 Å². The standard InChI is InChI=1S/C26H23N3O3/c1-17-27-24(29-26(28-17)20-7-4-3-5-8-20)16-23(30)18-11-13-19(14-12-18)25(31)21-9-6-10-22(15-21)32-2/h3-15,25,31H,16H2,1-2H3. The summed E-state index contributed by atoms with van der Waals surface area (Å²) in [7, 11) is 1.59. The van der Waals surface area contributed by atoms with E-state index in [0.717, 1.165) is 11.1 Å². The lowest BCUT2D eigenvalue weighted by molar-refractivity contribution is 0.0990. The molecule has 0 spiro atoms. The van der Waals surface area contributed by atoms with E-state index >= 15 is 0 Å². The molecule has 0 saturated heterocycles. The molecule has 0 aliphatic carbocycles. The summed E-state index contributed by atoms with van der Waals surface area (Å²) in [4.78, 5) is 26.0. The highest BCUT2D eigenvalue weighted by molar-refractivity contribution is 5.97. The highest BCUT2D eigenvalue weighted by atomic mass is 16.5. The molecule has 32 heavy (non-hydrogen) atoms. The quantitative estimate of drug-likeness (QED) is 0.443. The van der Waals surface area contributed by atoms with Crippen LogP contribution in [0.5, 0.6) is 5.75 Å². The first-order valence-electron chi connectivity index (χ1n) is 10.3. The Hall–Kier alpha value is -3.90. The summed E-state index contributed by atoms with van der Waals surface area (Å²) < 4.78 is 5.22. The van der Waals surface area contributed by atoms with E-state index in [-0.39, 0.29) is 12.2 Å². The summed E-state index contributed by atoms with van der Waals surface area (Å²) >= 11 is 0. The number of ether oxygens (including phenoxy) is 1. The zero-order chi connectivity index (χ0) is 22.5. The molecule has 0 bridgehead atoms. The third-order valence-corrected chi connectivity index (χ3v) is 5.10. The first kappa shape index (κ1) is 21.3. The van der Waals surface area contributed by atoms with Crippen LogP contribution < -0.4 is 4.74 Å². The zero-order valence-corrected chi connectivity index (χ0v) is 17.9. The van der Waals surface area contributed by atoms with Crippen LogP contribution in [-0.4, -0.2) is 33.0 Å². The van der Waals surface area contributed by atoms with Gasteiger partial charge in [0, 0.05) is 11.1 Å². The topological polar surface area (TPSA) is 85.2 Å². The second-order valence-corrected chi connectivity index (χ2v) is 7.39. The summed E-state index contributed by atoms with van der Waals surface area (Å²) in [5.74, 6) is 2.13. The van der Waals surface area contributed by atoms with E-state index in [1.807, 2.05) is 48.5 Å². The Morgan fingerprint density at radius 3 is 2.38 bits per heavy atom. The van der Waals surface area contributed by atoms with Crippen molar-refractivity contribution >= 4 is 5.78 Å². The Morgan fingerprint density at radius 2 is 1.66 bits per heavy atom. The highest BCUT2D eigenvalue weighted by Gasteiger charge is 2.15. The average Bonchev–Trinajstić information content (AvgIpc) is 2.84. The Kier molecular flexibility index (Phi) is 6.33. The first-order chi connectivity index (χ1) is 15.5. The molecule has 0 aliphatic rings. The number of hydrogen-bond acceptors (Lipinski definition) is 6. The summed E-state index contributed by atoms with van der Waals surface area (Å²) in [5.41, 5.74) is 2.82. The highest BCUT2D eigenvalue weighted by Crippen LogP contribution is 2.25. The molecule has 0 amide bonds. The Balaban J connectivity index is 1.50. The summed E-state index contributed by atoms with van der Waals surface area (Å²) in [5, 5.41) is 10.7. The fourth-order valence-corrected chi connectivity index (χ4v) is 3.43. The van der Waals surface area contributed by atoms with Gasteiger partial charge in [0.2, 0.25) is 0 Å². The van der Waals surface area contributed by atoms with Gasteiger partial charge in [0.05, 0.1) is 13.5 Å². The van der Waals surface area contributed by atoms with Gasteiger partial charge in [-0.25, -0.2) is 15.0 Å². The second-order valence-electron chi connectivity index (χ2n) is 7.39. The number of carbonyl (C=O) groups excluding carboxylic acids is 1. The third kappa shape index (κ3) is 4.87. The van der Waals surface area contributed by atoms with Crippen LogP contribution in [0.15, 0.2) is 78.9 Å². The van der Waals surface area contributed by atoms with Crippen molar-refractivity contribution in [1.29, 1.82) is 0 Å². The van der Waals surface area contributed by atoms with Crippen molar-refractivity contribution in [1.82, 2.24) is 15.0 Å². The van der Waals surface area contributed by atoms with Crippen molar-refractivity contribution < 1.29 is 14.6 Å². The number of carbonyl (C=O) groups is 1. The molecule has 1 heterocycles.